The number of nitrogens with zero attached hydrogens (tertiary/aromatic N) is 2. The van der Waals surface area contributed by atoms with Crippen LogP contribution in [0.3, 0.4) is 0 Å². The maximum absolute atomic E-state index is 3.99. The second-order valence-electron chi connectivity index (χ2n) is 3.93. The molecule has 0 atom stereocenters. The molecule has 3 nitrogen and oxygen atoms in total. The van der Waals surface area contributed by atoms with E-state index in [0.29, 0.717) is 0 Å². The summed E-state index contributed by atoms with van der Waals surface area (Å²) in [5, 5.41) is 9.33. The number of hydrogen-bond donors (Lipinski definition) is 1. The van der Waals surface area contributed by atoms with E-state index in [9.17, 15) is 0 Å². The Morgan fingerprint density at radius 2 is 2.12 bits per heavy atom. The zero-order valence-corrected chi connectivity index (χ0v) is 10.3. The summed E-state index contributed by atoms with van der Waals surface area (Å²) < 4.78 is 3.83. The molecule has 0 aliphatic carbocycles. The molecular weight excluding hydrogens is 218 g/mol. The third kappa shape index (κ3) is 2.87. The van der Waals surface area contributed by atoms with Crippen molar-refractivity contribution in [3.8, 4) is 0 Å². The molecule has 0 spiro atoms. The van der Waals surface area contributed by atoms with Crippen LogP contribution in [0.5, 0.6) is 0 Å². The minimum absolute atomic E-state index is 0.782. The van der Waals surface area contributed by atoms with E-state index in [4.69, 9.17) is 0 Å². The summed E-state index contributed by atoms with van der Waals surface area (Å²) in [5.74, 6) is 0. The van der Waals surface area contributed by atoms with Crippen molar-refractivity contribution in [1.29, 1.82) is 0 Å². The van der Waals surface area contributed by atoms with Gasteiger partial charge in [-0.25, -0.2) is 0 Å². The highest BCUT2D eigenvalue weighted by Gasteiger charge is 1.99. The van der Waals surface area contributed by atoms with Gasteiger partial charge in [-0.05, 0) is 36.5 Å². The van der Waals surface area contributed by atoms with Crippen LogP contribution in [-0.2, 0) is 13.1 Å². The Morgan fingerprint density at radius 3 is 2.81 bits per heavy atom. The number of hydrogen-bond acceptors (Lipinski definition) is 4. The van der Waals surface area contributed by atoms with Crippen molar-refractivity contribution in [3.63, 3.8) is 0 Å². The quantitative estimate of drug-likeness (QED) is 0.881. The van der Waals surface area contributed by atoms with Gasteiger partial charge < -0.3 is 5.32 Å². The average Bonchev–Trinajstić information content (AvgIpc) is 2.74. The number of rotatable bonds is 4. The van der Waals surface area contributed by atoms with Crippen molar-refractivity contribution in [2.75, 3.05) is 0 Å². The molecule has 0 amide bonds. The Labute approximate surface area is 99.7 Å². The third-order valence-corrected chi connectivity index (χ3v) is 3.08. The van der Waals surface area contributed by atoms with Crippen LogP contribution >= 0.6 is 11.5 Å². The summed E-state index contributed by atoms with van der Waals surface area (Å²) in [6.45, 7) is 5.92. The van der Waals surface area contributed by atoms with Crippen molar-refractivity contribution in [3.05, 3.63) is 46.0 Å². The highest BCUT2D eigenvalue weighted by molar-refractivity contribution is 7.03. The van der Waals surface area contributed by atoms with Crippen molar-refractivity contribution in [2.45, 2.75) is 26.9 Å². The Hall–Kier alpha value is -1.26. The van der Waals surface area contributed by atoms with E-state index in [1.54, 1.807) is 0 Å². The van der Waals surface area contributed by atoms with Gasteiger partial charge in [-0.3, -0.25) is 0 Å². The molecule has 0 radical (unpaired) electrons. The molecule has 0 unspecified atom stereocenters. The molecule has 2 aromatic rings. The van der Waals surface area contributed by atoms with E-state index in [1.807, 2.05) is 5.38 Å². The van der Waals surface area contributed by atoms with E-state index < -0.39 is 0 Å². The zero-order valence-electron chi connectivity index (χ0n) is 9.53. The van der Waals surface area contributed by atoms with Crippen molar-refractivity contribution < 1.29 is 0 Å². The molecule has 0 bridgehead atoms. The summed E-state index contributed by atoms with van der Waals surface area (Å²) in [6.07, 6.45) is 0. The monoisotopic (exact) mass is 233 g/mol. The molecule has 0 saturated heterocycles. The standard InChI is InChI=1S/C12H15N3S/c1-9-3-4-11(10(2)5-9)6-13-7-12-8-16-15-14-12/h3-5,8,13H,6-7H2,1-2H3. The van der Waals surface area contributed by atoms with Crippen LogP contribution in [0, 0.1) is 13.8 Å². The molecule has 1 N–H and O–H groups in total. The second-order valence-corrected chi connectivity index (χ2v) is 4.54. The minimum Gasteiger partial charge on any atom is -0.307 e. The van der Waals surface area contributed by atoms with Gasteiger partial charge in [0.25, 0.3) is 0 Å². The predicted octanol–water partition coefficient (Wildman–Crippen LogP) is 2.44. The molecule has 1 aromatic carbocycles. The Morgan fingerprint density at radius 1 is 1.25 bits per heavy atom. The number of aryl methyl sites for hydroxylation is 2. The van der Waals surface area contributed by atoms with Crippen molar-refractivity contribution in [1.82, 2.24) is 14.9 Å². The van der Waals surface area contributed by atoms with Gasteiger partial charge in [0.1, 0.15) is 0 Å². The fourth-order valence-corrected chi connectivity index (χ4v) is 2.08. The first-order chi connectivity index (χ1) is 7.75. The van der Waals surface area contributed by atoms with E-state index >= 15 is 0 Å². The molecule has 84 valence electrons. The third-order valence-electron chi connectivity index (χ3n) is 2.52. The van der Waals surface area contributed by atoms with Crippen molar-refractivity contribution >= 4 is 11.5 Å². The Bertz CT molecular complexity index is 451. The molecule has 0 fully saturated rings. The van der Waals surface area contributed by atoms with Crippen LogP contribution in [0.4, 0.5) is 0 Å². The van der Waals surface area contributed by atoms with Crippen LogP contribution in [0.2, 0.25) is 0 Å². The van der Waals surface area contributed by atoms with Gasteiger partial charge in [-0.1, -0.05) is 28.3 Å². The largest absolute Gasteiger partial charge is 0.307 e. The Balaban J connectivity index is 1.90. The summed E-state index contributed by atoms with van der Waals surface area (Å²) in [4.78, 5) is 0. The smallest absolute Gasteiger partial charge is 0.0893 e. The minimum atomic E-state index is 0.782. The van der Waals surface area contributed by atoms with Crippen LogP contribution < -0.4 is 5.32 Å². The topological polar surface area (TPSA) is 37.8 Å². The van der Waals surface area contributed by atoms with Gasteiger partial charge >= 0.3 is 0 Å². The van der Waals surface area contributed by atoms with Crippen LogP contribution in [-0.4, -0.2) is 9.59 Å². The van der Waals surface area contributed by atoms with Crippen LogP contribution in [0.25, 0.3) is 0 Å². The highest BCUT2D eigenvalue weighted by Crippen LogP contribution is 2.10. The lowest BCUT2D eigenvalue weighted by molar-refractivity contribution is 0.675. The summed E-state index contributed by atoms with van der Waals surface area (Å²) in [5.41, 5.74) is 5.00. The van der Waals surface area contributed by atoms with E-state index in [1.165, 1.54) is 28.2 Å². The van der Waals surface area contributed by atoms with E-state index in [-0.39, 0.29) is 0 Å². The molecule has 4 heteroatoms. The average molecular weight is 233 g/mol. The zero-order chi connectivity index (χ0) is 11.4. The van der Waals surface area contributed by atoms with Gasteiger partial charge in [-0.2, -0.15) is 0 Å². The maximum atomic E-state index is 3.99. The lowest BCUT2D eigenvalue weighted by atomic mass is 10.1. The van der Waals surface area contributed by atoms with Gasteiger partial charge in [0.05, 0.1) is 5.69 Å². The summed E-state index contributed by atoms with van der Waals surface area (Å²) in [6, 6.07) is 6.53. The normalized spacial score (nSPS) is 10.6. The van der Waals surface area contributed by atoms with Crippen molar-refractivity contribution in [2.24, 2.45) is 0 Å². The first-order valence-electron chi connectivity index (χ1n) is 5.28. The first-order valence-corrected chi connectivity index (χ1v) is 6.12. The lowest BCUT2D eigenvalue weighted by Gasteiger charge is -2.07. The molecule has 0 saturated carbocycles. The van der Waals surface area contributed by atoms with E-state index in [2.05, 4.69) is 47.0 Å². The fraction of sp³-hybridized carbons (Fsp3) is 0.333. The van der Waals surface area contributed by atoms with Gasteiger partial charge in [0.15, 0.2) is 0 Å². The maximum Gasteiger partial charge on any atom is 0.0893 e. The second kappa shape index (κ2) is 5.18. The lowest BCUT2D eigenvalue weighted by Crippen LogP contribution is -2.13. The first kappa shape index (κ1) is 11.2. The molecule has 2 rings (SSSR count). The SMILES string of the molecule is Cc1ccc(CNCc2csnn2)c(C)c1. The number of aromatic nitrogens is 2. The highest BCUT2D eigenvalue weighted by atomic mass is 32.1. The number of benzene rings is 1. The summed E-state index contributed by atoms with van der Waals surface area (Å²) >= 11 is 1.39. The number of nitrogens with one attached hydrogen (secondary N) is 1. The summed E-state index contributed by atoms with van der Waals surface area (Å²) in [7, 11) is 0. The molecule has 1 aromatic heterocycles. The molecule has 0 aliphatic heterocycles. The van der Waals surface area contributed by atoms with Crippen LogP contribution in [0.1, 0.15) is 22.4 Å². The molecule has 16 heavy (non-hydrogen) atoms. The van der Waals surface area contributed by atoms with Gasteiger partial charge in [-0.15, -0.1) is 5.10 Å². The van der Waals surface area contributed by atoms with Gasteiger partial charge in [0.2, 0.25) is 0 Å². The van der Waals surface area contributed by atoms with E-state index in [0.717, 1.165) is 18.8 Å². The predicted molar refractivity (Wildman–Crippen MR) is 66.4 cm³/mol. The van der Waals surface area contributed by atoms with Crippen LogP contribution in [0.15, 0.2) is 23.6 Å². The molecule has 0 aliphatic rings. The van der Waals surface area contributed by atoms with Gasteiger partial charge in [0, 0.05) is 18.5 Å². The fourth-order valence-electron chi connectivity index (χ4n) is 1.63. The Kier molecular flexibility index (Phi) is 3.64. The molecular formula is C12H15N3S. The molecule has 1 heterocycles.